The third-order valence-electron chi connectivity index (χ3n) is 5.87. The number of benzene rings is 1. The number of ether oxygens (including phenoxy) is 1. The highest BCUT2D eigenvalue weighted by molar-refractivity contribution is 5.94. The van der Waals surface area contributed by atoms with Gasteiger partial charge in [-0.25, -0.2) is 4.39 Å². The predicted molar refractivity (Wildman–Crippen MR) is 93.1 cm³/mol. The van der Waals surface area contributed by atoms with Crippen LogP contribution in [0.1, 0.15) is 24.2 Å². The van der Waals surface area contributed by atoms with E-state index in [1.54, 1.807) is 18.2 Å². The molecule has 0 aliphatic carbocycles. The molecule has 3 aliphatic rings. The summed E-state index contributed by atoms with van der Waals surface area (Å²) in [5, 5.41) is 0. The Bertz CT molecular complexity index is 660. The minimum atomic E-state index is -0.443. The quantitative estimate of drug-likeness (QED) is 0.811. The topological polar surface area (TPSA) is 36.0 Å². The van der Waals surface area contributed by atoms with Crippen molar-refractivity contribution in [2.24, 2.45) is 0 Å². The number of carbonyl (C=O) groups is 1. The van der Waals surface area contributed by atoms with E-state index in [1.165, 1.54) is 6.07 Å². The van der Waals surface area contributed by atoms with Crippen molar-refractivity contribution in [1.29, 1.82) is 0 Å². The highest BCUT2D eigenvalue weighted by Gasteiger charge is 2.55. The number of rotatable bonds is 2. The molecule has 0 saturated carbocycles. The first-order valence-electron chi connectivity index (χ1n) is 9.12. The van der Waals surface area contributed by atoms with Crippen LogP contribution in [-0.4, -0.2) is 84.2 Å². The fourth-order valence-electron chi connectivity index (χ4n) is 4.51. The Hall–Kier alpha value is -1.50. The SMILES string of the molecule is CC(C)N1CC2(CN(C(=O)c3ccccc3F)CC3COCCN32)C1. The minimum Gasteiger partial charge on any atom is -0.378 e. The summed E-state index contributed by atoms with van der Waals surface area (Å²) < 4.78 is 19.8. The third-order valence-corrected chi connectivity index (χ3v) is 5.87. The van der Waals surface area contributed by atoms with Gasteiger partial charge in [0.05, 0.1) is 30.4 Å². The summed E-state index contributed by atoms with van der Waals surface area (Å²) in [4.78, 5) is 19.8. The zero-order valence-electron chi connectivity index (χ0n) is 14.9. The molecule has 5 nitrogen and oxygen atoms in total. The lowest BCUT2D eigenvalue weighted by molar-refractivity contribution is -0.164. The van der Waals surface area contributed by atoms with Crippen LogP contribution in [0, 0.1) is 5.82 Å². The monoisotopic (exact) mass is 347 g/mol. The van der Waals surface area contributed by atoms with E-state index in [2.05, 4.69) is 23.6 Å². The molecule has 3 aliphatic heterocycles. The van der Waals surface area contributed by atoms with Gasteiger partial charge in [0.2, 0.25) is 0 Å². The smallest absolute Gasteiger partial charge is 0.256 e. The second-order valence-corrected chi connectivity index (χ2v) is 7.81. The molecule has 0 aromatic heterocycles. The van der Waals surface area contributed by atoms with E-state index in [9.17, 15) is 9.18 Å². The molecular formula is C19H26FN3O2. The molecule has 3 heterocycles. The highest BCUT2D eigenvalue weighted by atomic mass is 19.1. The molecule has 1 atom stereocenters. The van der Waals surface area contributed by atoms with Gasteiger partial charge in [-0.1, -0.05) is 12.1 Å². The standard InChI is InChI=1S/C19H26FN3O2/c1-14(2)22-12-19(13-22)11-21(9-15-10-25-8-7-23(15)19)18(24)16-5-3-4-6-17(16)20/h3-6,14-15H,7-13H2,1-2H3. The van der Waals surface area contributed by atoms with Crippen molar-refractivity contribution in [3.05, 3.63) is 35.6 Å². The largest absolute Gasteiger partial charge is 0.378 e. The van der Waals surface area contributed by atoms with E-state index < -0.39 is 5.82 Å². The third kappa shape index (κ3) is 2.86. The van der Waals surface area contributed by atoms with Gasteiger partial charge in [0.25, 0.3) is 5.91 Å². The molecule has 1 aromatic rings. The van der Waals surface area contributed by atoms with Crippen molar-refractivity contribution in [3.8, 4) is 0 Å². The molecule has 3 fully saturated rings. The van der Waals surface area contributed by atoms with Gasteiger partial charge < -0.3 is 9.64 Å². The molecular weight excluding hydrogens is 321 g/mol. The Labute approximate surface area is 148 Å². The Morgan fingerprint density at radius 2 is 2.04 bits per heavy atom. The lowest BCUT2D eigenvalue weighted by atomic mass is 9.81. The number of halogens is 1. The Morgan fingerprint density at radius 1 is 1.28 bits per heavy atom. The number of hydrogen-bond donors (Lipinski definition) is 0. The molecule has 1 aromatic carbocycles. The molecule has 4 rings (SSSR count). The van der Waals surface area contributed by atoms with Crippen LogP contribution in [-0.2, 0) is 4.74 Å². The maximum atomic E-state index is 14.1. The van der Waals surface area contributed by atoms with Gasteiger partial charge in [-0.2, -0.15) is 0 Å². The van der Waals surface area contributed by atoms with Crippen molar-refractivity contribution in [1.82, 2.24) is 14.7 Å². The lowest BCUT2D eigenvalue weighted by Crippen LogP contribution is -2.81. The van der Waals surface area contributed by atoms with E-state index in [-0.39, 0.29) is 23.1 Å². The van der Waals surface area contributed by atoms with Crippen LogP contribution in [0.15, 0.2) is 24.3 Å². The Kier molecular flexibility index (Phi) is 4.30. The second-order valence-electron chi connectivity index (χ2n) is 7.81. The normalized spacial score (nSPS) is 26.6. The fraction of sp³-hybridized carbons (Fsp3) is 0.632. The van der Waals surface area contributed by atoms with Crippen molar-refractivity contribution in [3.63, 3.8) is 0 Å². The number of likely N-dealkylation sites (tertiary alicyclic amines) is 1. The summed E-state index contributed by atoms with van der Waals surface area (Å²) >= 11 is 0. The number of amides is 1. The molecule has 1 amide bonds. The number of nitrogens with zero attached hydrogens (tertiary/aromatic N) is 3. The van der Waals surface area contributed by atoms with Crippen molar-refractivity contribution in [2.45, 2.75) is 31.5 Å². The van der Waals surface area contributed by atoms with Crippen molar-refractivity contribution in [2.75, 3.05) is 45.9 Å². The maximum Gasteiger partial charge on any atom is 0.256 e. The predicted octanol–water partition coefficient (Wildman–Crippen LogP) is 1.45. The van der Waals surface area contributed by atoms with Gasteiger partial charge in [0.1, 0.15) is 5.82 Å². The average molecular weight is 347 g/mol. The molecule has 6 heteroatoms. The molecule has 25 heavy (non-hydrogen) atoms. The molecule has 136 valence electrons. The summed E-state index contributed by atoms with van der Waals surface area (Å²) in [5.74, 6) is -0.646. The van der Waals surface area contributed by atoms with Gasteiger partial charge in [0.15, 0.2) is 0 Å². The maximum absolute atomic E-state index is 14.1. The van der Waals surface area contributed by atoms with E-state index in [0.717, 1.165) is 26.2 Å². The van der Waals surface area contributed by atoms with Gasteiger partial charge in [-0.05, 0) is 26.0 Å². The minimum absolute atomic E-state index is 0.0160. The highest BCUT2D eigenvalue weighted by Crippen LogP contribution is 2.37. The van der Waals surface area contributed by atoms with Gasteiger partial charge in [-0.15, -0.1) is 0 Å². The number of fused-ring (bicyclic) bond motifs is 2. The van der Waals surface area contributed by atoms with Crippen LogP contribution in [0.25, 0.3) is 0 Å². The fourth-order valence-corrected chi connectivity index (χ4v) is 4.51. The van der Waals surface area contributed by atoms with Gasteiger partial charge >= 0.3 is 0 Å². The Balaban J connectivity index is 1.58. The summed E-state index contributed by atoms with van der Waals surface area (Å²) in [5.41, 5.74) is 0.153. The summed E-state index contributed by atoms with van der Waals surface area (Å²) in [6, 6.07) is 6.97. The van der Waals surface area contributed by atoms with E-state index in [4.69, 9.17) is 4.74 Å². The van der Waals surface area contributed by atoms with Crippen LogP contribution in [0.3, 0.4) is 0 Å². The van der Waals surface area contributed by atoms with Crippen LogP contribution < -0.4 is 0 Å². The Morgan fingerprint density at radius 3 is 2.76 bits per heavy atom. The summed E-state index contributed by atoms with van der Waals surface area (Å²) in [7, 11) is 0. The van der Waals surface area contributed by atoms with E-state index in [0.29, 0.717) is 25.7 Å². The molecule has 0 N–H and O–H groups in total. The number of piperazine rings is 1. The number of morpholine rings is 1. The van der Waals surface area contributed by atoms with Crippen molar-refractivity contribution >= 4 is 5.91 Å². The van der Waals surface area contributed by atoms with Crippen LogP contribution >= 0.6 is 0 Å². The van der Waals surface area contributed by atoms with Crippen LogP contribution in [0.5, 0.6) is 0 Å². The first-order chi connectivity index (χ1) is 12.0. The van der Waals surface area contributed by atoms with E-state index in [1.807, 2.05) is 4.90 Å². The molecule has 1 unspecified atom stereocenters. The first kappa shape index (κ1) is 16.9. The summed E-state index contributed by atoms with van der Waals surface area (Å²) in [6.07, 6.45) is 0. The van der Waals surface area contributed by atoms with Gasteiger partial charge in [0, 0.05) is 38.8 Å². The van der Waals surface area contributed by atoms with Crippen molar-refractivity contribution < 1.29 is 13.9 Å². The zero-order chi connectivity index (χ0) is 17.6. The lowest BCUT2D eigenvalue weighted by Gasteiger charge is -2.64. The first-order valence-corrected chi connectivity index (χ1v) is 9.12. The average Bonchev–Trinajstić information content (AvgIpc) is 2.58. The molecule has 3 saturated heterocycles. The number of hydrogen-bond acceptors (Lipinski definition) is 4. The van der Waals surface area contributed by atoms with E-state index >= 15 is 0 Å². The zero-order valence-corrected chi connectivity index (χ0v) is 14.9. The second kappa shape index (κ2) is 6.34. The molecule has 0 bridgehead atoms. The van der Waals surface area contributed by atoms with Gasteiger partial charge in [-0.3, -0.25) is 14.6 Å². The molecule has 0 radical (unpaired) electrons. The van der Waals surface area contributed by atoms with Crippen LogP contribution in [0.4, 0.5) is 4.39 Å². The summed E-state index contributed by atoms with van der Waals surface area (Å²) in [6.45, 7) is 9.91. The van der Waals surface area contributed by atoms with Crippen LogP contribution in [0.2, 0.25) is 0 Å². The number of carbonyl (C=O) groups excluding carboxylic acids is 1. The molecule has 1 spiro atoms.